The van der Waals surface area contributed by atoms with Crippen LogP contribution in [0.25, 0.3) is 0 Å². The van der Waals surface area contributed by atoms with Gasteiger partial charge < -0.3 is 14.6 Å². The average molecular weight is 293 g/mol. The summed E-state index contributed by atoms with van der Waals surface area (Å²) in [5.74, 6) is -0.620. The molecule has 2 aliphatic heterocycles. The summed E-state index contributed by atoms with van der Waals surface area (Å²) in [6, 6.07) is 4.73. The zero-order valence-electron chi connectivity index (χ0n) is 11.9. The van der Waals surface area contributed by atoms with E-state index in [4.69, 9.17) is 9.47 Å². The zero-order chi connectivity index (χ0) is 14.4. The van der Waals surface area contributed by atoms with E-state index in [1.807, 2.05) is 0 Å². The van der Waals surface area contributed by atoms with Crippen LogP contribution in [-0.4, -0.2) is 48.1 Å². The number of ether oxygens (including phenoxy) is 2. The van der Waals surface area contributed by atoms with Gasteiger partial charge in [-0.2, -0.15) is 0 Å². The van der Waals surface area contributed by atoms with Gasteiger partial charge in [0.25, 0.3) is 0 Å². The number of aliphatic hydroxyl groups is 1. The molecule has 2 heterocycles. The molecule has 1 aromatic carbocycles. The van der Waals surface area contributed by atoms with E-state index >= 15 is 0 Å². The lowest BCUT2D eigenvalue weighted by Crippen LogP contribution is -2.50. The molecule has 2 fully saturated rings. The summed E-state index contributed by atoms with van der Waals surface area (Å²) in [5.41, 5.74) is 1.80. The van der Waals surface area contributed by atoms with Gasteiger partial charge in [-0.05, 0) is 29.7 Å². The van der Waals surface area contributed by atoms with Gasteiger partial charge in [0.1, 0.15) is 5.82 Å². The number of nitrogens with zero attached hydrogens (tertiary/aromatic N) is 1. The normalized spacial score (nSPS) is 31.7. The van der Waals surface area contributed by atoms with Gasteiger partial charge in [-0.25, -0.2) is 4.39 Å². The molecule has 2 saturated heterocycles. The van der Waals surface area contributed by atoms with Crippen LogP contribution in [0.1, 0.15) is 30.1 Å². The Morgan fingerprint density at radius 2 is 1.90 bits per heavy atom. The standard InChI is InChI=1S/C16H20FNO3/c17-12-1-2-13-11(9-12)10-14(15(13)19)18-5-3-16(4-6-18)20-7-8-21-16/h1-2,9,14-15,19H,3-8,10H2/t14-,15+/m1/s1. The number of benzene rings is 1. The number of likely N-dealkylation sites (tertiary alicyclic amines) is 1. The number of halogens is 1. The van der Waals surface area contributed by atoms with Crippen molar-refractivity contribution in [3.05, 3.63) is 35.1 Å². The number of hydrogen-bond acceptors (Lipinski definition) is 4. The fourth-order valence-electron chi connectivity index (χ4n) is 3.89. The molecule has 0 radical (unpaired) electrons. The molecule has 4 nitrogen and oxygen atoms in total. The van der Waals surface area contributed by atoms with Gasteiger partial charge in [0, 0.05) is 32.0 Å². The monoisotopic (exact) mass is 293 g/mol. The van der Waals surface area contributed by atoms with Crippen molar-refractivity contribution in [3.63, 3.8) is 0 Å². The first-order valence-electron chi connectivity index (χ1n) is 7.65. The van der Waals surface area contributed by atoms with Crippen LogP contribution in [0.4, 0.5) is 4.39 Å². The van der Waals surface area contributed by atoms with Crippen molar-refractivity contribution in [2.24, 2.45) is 0 Å². The number of hydrogen-bond donors (Lipinski definition) is 1. The van der Waals surface area contributed by atoms with Gasteiger partial charge >= 0.3 is 0 Å². The highest BCUT2D eigenvalue weighted by molar-refractivity contribution is 5.36. The Balaban J connectivity index is 1.47. The summed E-state index contributed by atoms with van der Waals surface area (Å²) in [7, 11) is 0. The average Bonchev–Trinajstić information content (AvgIpc) is 3.06. The second-order valence-corrected chi connectivity index (χ2v) is 6.20. The van der Waals surface area contributed by atoms with Crippen LogP contribution < -0.4 is 0 Å². The van der Waals surface area contributed by atoms with Crippen LogP contribution >= 0.6 is 0 Å². The van der Waals surface area contributed by atoms with Gasteiger partial charge in [-0.3, -0.25) is 4.90 Å². The Kier molecular flexibility index (Phi) is 3.26. The lowest BCUT2D eigenvalue weighted by atomic mass is 10.00. The van der Waals surface area contributed by atoms with Crippen molar-refractivity contribution in [1.82, 2.24) is 4.90 Å². The maximum atomic E-state index is 13.3. The van der Waals surface area contributed by atoms with E-state index < -0.39 is 6.10 Å². The molecule has 1 N–H and O–H groups in total. The van der Waals surface area contributed by atoms with E-state index in [0.29, 0.717) is 19.6 Å². The quantitative estimate of drug-likeness (QED) is 0.854. The molecule has 0 aromatic heterocycles. The van der Waals surface area contributed by atoms with Crippen molar-refractivity contribution in [1.29, 1.82) is 0 Å². The van der Waals surface area contributed by atoms with Crippen LogP contribution in [0.5, 0.6) is 0 Å². The van der Waals surface area contributed by atoms with Gasteiger partial charge in [-0.1, -0.05) is 6.07 Å². The van der Waals surface area contributed by atoms with E-state index in [1.165, 1.54) is 6.07 Å². The summed E-state index contributed by atoms with van der Waals surface area (Å²) in [5, 5.41) is 10.5. The Bertz CT molecular complexity index is 534. The molecule has 0 bridgehead atoms. The molecule has 2 atom stereocenters. The first-order valence-corrected chi connectivity index (χ1v) is 7.65. The molecule has 1 aromatic rings. The van der Waals surface area contributed by atoms with Crippen LogP contribution in [-0.2, 0) is 15.9 Å². The third-order valence-corrected chi connectivity index (χ3v) is 5.06. The topological polar surface area (TPSA) is 41.9 Å². The Hall–Kier alpha value is -1.01. The molecule has 4 rings (SSSR count). The third kappa shape index (κ3) is 2.28. The van der Waals surface area contributed by atoms with Crippen LogP contribution in [0.3, 0.4) is 0 Å². The van der Waals surface area contributed by atoms with E-state index in [0.717, 1.165) is 37.1 Å². The number of rotatable bonds is 1. The molecule has 5 heteroatoms. The SMILES string of the molecule is O[C@H]1c2ccc(F)cc2C[C@H]1N1CCC2(CC1)OCCO2. The molecule has 0 saturated carbocycles. The van der Waals surface area contributed by atoms with Gasteiger partial charge in [-0.15, -0.1) is 0 Å². The first-order chi connectivity index (χ1) is 10.2. The minimum Gasteiger partial charge on any atom is -0.387 e. The summed E-state index contributed by atoms with van der Waals surface area (Å²) in [4.78, 5) is 2.29. The van der Waals surface area contributed by atoms with Crippen LogP contribution in [0.2, 0.25) is 0 Å². The zero-order valence-corrected chi connectivity index (χ0v) is 11.9. The van der Waals surface area contributed by atoms with Gasteiger partial charge in [0.15, 0.2) is 5.79 Å². The number of aliphatic hydroxyl groups excluding tert-OH is 1. The summed E-state index contributed by atoms with van der Waals surface area (Å²) < 4.78 is 24.8. The fraction of sp³-hybridized carbons (Fsp3) is 0.625. The maximum absolute atomic E-state index is 13.3. The summed E-state index contributed by atoms with van der Waals surface area (Å²) in [6.45, 7) is 3.05. The van der Waals surface area contributed by atoms with Crippen molar-refractivity contribution < 1.29 is 19.0 Å². The minimum atomic E-state index is -0.528. The third-order valence-electron chi connectivity index (χ3n) is 5.06. The Morgan fingerprint density at radius 3 is 2.62 bits per heavy atom. The predicted octanol–water partition coefficient (Wildman–Crippen LogP) is 1.62. The lowest BCUT2D eigenvalue weighted by molar-refractivity contribution is -0.190. The van der Waals surface area contributed by atoms with Crippen molar-refractivity contribution >= 4 is 0 Å². The Labute approximate surface area is 123 Å². The van der Waals surface area contributed by atoms with Crippen molar-refractivity contribution in [2.75, 3.05) is 26.3 Å². The van der Waals surface area contributed by atoms with Crippen LogP contribution in [0.15, 0.2) is 18.2 Å². The lowest BCUT2D eigenvalue weighted by Gasteiger charge is -2.41. The van der Waals surface area contributed by atoms with E-state index in [1.54, 1.807) is 12.1 Å². The molecule has 1 aliphatic carbocycles. The van der Waals surface area contributed by atoms with Crippen LogP contribution in [0, 0.1) is 5.82 Å². The maximum Gasteiger partial charge on any atom is 0.170 e. The van der Waals surface area contributed by atoms with Gasteiger partial charge in [0.2, 0.25) is 0 Å². The van der Waals surface area contributed by atoms with E-state index in [2.05, 4.69) is 4.90 Å². The van der Waals surface area contributed by atoms with Crippen molar-refractivity contribution in [3.8, 4) is 0 Å². The highest BCUT2D eigenvalue weighted by Gasteiger charge is 2.43. The minimum absolute atomic E-state index is 0.0422. The molecule has 21 heavy (non-hydrogen) atoms. The molecular formula is C16H20FNO3. The largest absolute Gasteiger partial charge is 0.387 e. The molecule has 0 unspecified atom stereocenters. The first kappa shape index (κ1) is 13.6. The molecule has 114 valence electrons. The summed E-state index contributed by atoms with van der Waals surface area (Å²) >= 11 is 0. The Morgan fingerprint density at radius 1 is 1.19 bits per heavy atom. The highest BCUT2D eigenvalue weighted by atomic mass is 19.1. The predicted molar refractivity (Wildman–Crippen MR) is 74.3 cm³/mol. The van der Waals surface area contributed by atoms with E-state index in [9.17, 15) is 9.50 Å². The van der Waals surface area contributed by atoms with Gasteiger partial charge in [0.05, 0.1) is 19.3 Å². The smallest absolute Gasteiger partial charge is 0.170 e. The highest BCUT2D eigenvalue weighted by Crippen LogP contribution is 2.38. The second-order valence-electron chi connectivity index (χ2n) is 6.20. The molecular weight excluding hydrogens is 273 g/mol. The number of fused-ring (bicyclic) bond motifs is 1. The van der Waals surface area contributed by atoms with E-state index in [-0.39, 0.29) is 17.6 Å². The second kappa shape index (κ2) is 5.02. The number of piperidine rings is 1. The molecule has 3 aliphatic rings. The summed E-state index contributed by atoms with van der Waals surface area (Å²) in [6.07, 6.45) is 1.85. The molecule has 1 spiro atoms. The molecule has 0 amide bonds. The fourth-order valence-corrected chi connectivity index (χ4v) is 3.89. The van der Waals surface area contributed by atoms with Crippen molar-refractivity contribution in [2.45, 2.75) is 37.2 Å².